The lowest BCUT2D eigenvalue weighted by Crippen LogP contribution is -1.81. The van der Waals surface area contributed by atoms with Crippen LogP contribution < -0.4 is 0 Å². The van der Waals surface area contributed by atoms with Gasteiger partial charge in [-0.2, -0.15) is 0 Å². The number of hydrogen-bond acceptors (Lipinski definition) is 0. The minimum absolute atomic E-state index is 1.26. The van der Waals surface area contributed by atoms with E-state index in [9.17, 15) is 0 Å². The third kappa shape index (κ3) is 1.45. The van der Waals surface area contributed by atoms with E-state index in [2.05, 4.69) is 25.1 Å². The molecule has 0 N–H and O–H groups in total. The average molecular weight is 146 g/mol. The summed E-state index contributed by atoms with van der Waals surface area (Å²) in [6, 6.07) is 6.92. The van der Waals surface area contributed by atoms with Crippen LogP contribution >= 0.6 is 0 Å². The molecule has 0 bridgehead atoms. The molecule has 0 radical (unpaired) electrons. The van der Waals surface area contributed by atoms with E-state index < -0.39 is 0 Å². The molecule has 0 unspecified atom stereocenters. The maximum atomic E-state index is 2.37. The van der Waals surface area contributed by atoms with Crippen LogP contribution in [0.1, 0.15) is 36.5 Å². The fourth-order valence-electron chi connectivity index (χ4n) is 1.49. The Balaban J connectivity index is 2.03. The molecule has 0 amide bonds. The third-order valence-electron chi connectivity index (χ3n) is 2.35. The lowest BCUT2D eigenvalue weighted by Gasteiger charge is -1.96. The van der Waals surface area contributed by atoms with Crippen molar-refractivity contribution >= 4 is 0 Å². The van der Waals surface area contributed by atoms with Crippen LogP contribution in [-0.2, 0) is 12.8 Å². The van der Waals surface area contributed by atoms with E-state index in [1.54, 1.807) is 11.1 Å². The molecule has 1 aliphatic rings. The fourth-order valence-corrected chi connectivity index (χ4v) is 1.49. The van der Waals surface area contributed by atoms with Gasteiger partial charge in [-0.05, 0) is 36.0 Å². The normalized spacial score (nSPS) is 12.8. The first-order valence-electron chi connectivity index (χ1n) is 4.51. The zero-order valence-corrected chi connectivity index (χ0v) is 7.06. The van der Waals surface area contributed by atoms with Crippen molar-refractivity contribution in [3.8, 4) is 0 Å². The van der Waals surface area contributed by atoms with Gasteiger partial charge in [0.25, 0.3) is 0 Å². The molecule has 0 saturated heterocycles. The minimum Gasteiger partial charge on any atom is -0.0654 e. The molecule has 58 valence electrons. The number of aryl methyl sites for hydroxylation is 1. The summed E-state index contributed by atoms with van der Waals surface area (Å²) in [6.07, 6.45) is 5.16. The van der Waals surface area contributed by atoms with Crippen molar-refractivity contribution in [1.29, 1.82) is 0 Å². The van der Waals surface area contributed by atoms with Gasteiger partial charge >= 0.3 is 0 Å². The quantitative estimate of drug-likeness (QED) is 0.624. The maximum Gasteiger partial charge on any atom is -0.00200 e. The van der Waals surface area contributed by atoms with Crippen molar-refractivity contribution in [2.75, 3.05) is 0 Å². The van der Waals surface area contributed by atoms with Gasteiger partial charge in [-0.25, -0.2) is 0 Å². The molecule has 0 aromatic heterocycles. The predicted molar refractivity (Wildman–Crippen MR) is 47.9 cm³/mol. The van der Waals surface area contributed by atoms with Crippen LogP contribution in [0.4, 0.5) is 0 Å². The van der Waals surface area contributed by atoms with Gasteiger partial charge < -0.3 is 0 Å². The van der Waals surface area contributed by atoms with Gasteiger partial charge in [0.2, 0.25) is 0 Å². The van der Waals surface area contributed by atoms with Crippen LogP contribution in [-0.4, -0.2) is 0 Å². The Morgan fingerprint density at radius 2 is 2.18 bits per heavy atom. The molecule has 0 spiro atoms. The molecule has 0 atom stereocenters. The summed E-state index contributed by atoms with van der Waals surface area (Å²) in [7, 11) is 0. The number of hydrogen-bond donors (Lipinski definition) is 0. The topological polar surface area (TPSA) is 0 Å². The maximum absolute atomic E-state index is 2.37. The highest BCUT2D eigenvalue weighted by Gasteiger charge is 2.15. The van der Waals surface area contributed by atoms with E-state index in [1.807, 2.05) is 0 Å². The second-order valence-corrected chi connectivity index (χ2v) is 3.38. The highest BCUT2D eigenvalue weighted by atomic mass is 14.2. The minimum atomic E-state index is 1.26. The molecular formula is C11H14. The van der Waals surface area contributed by atoms with E-state index in [1.165, 1.54) is 31.2 Å². The Labute approximate surface area is 68.3 Å². The van der Waals surface area contributed by atoms with Crippen LogP contribution in [0, 0.1) is 0 Å². The second-order valence-electron chi connectivity index (χ2n) is 3.38. The molecule has 11 heavy (non-hydrogen) atoms. The van der Waals surface area contributed by atoms with Crippen LogP contribution in [0.15, 0.2) is 18.2 Å². The Morgan fingerprint density at radius 3 is 2.91 bits per heavy atom. The van der Waals surface area contributed by atoms with Crippen molar-refractivity contribution in [3.05, 3.63) is 34.9 Å². The second kappa shape index (κ2) is 2.69. The SMILES string of the molecule is CCCCc1ccc2c(c1)C2. The summed E-state index contributed by atoms with van der Waals surface area (Å²) in [6.45, 7) is 2.24. The lowest BCUT2D eigenvalue weighted by molar-refractivity contribution is 0.795. The van der Waals surface area contributed by atoms with Gasteiger partial charge in [0.15, 0.2) is 0 Å². The zero-order valence-electron chi connectivity index (χ0n) is 7.06. The monoisotopic (exact) mass is 146 g/mol. The molecule has 0 saturated carbocycles. The first-order valence-corrected chi connectivity index (χ1v) is 4.51. The number of rotatable bonds is 3. The summed E-state index contributed by atoms with van der Waals surface area (Å²) in [4.78, 5) is 0. The van der Waals surface area contributed by atoms with Gasteiger partial charge in [0.05, 0.1) is 0 Å². The number of fused-ring (bicyclic) bond motifs is 1. The van der Waals surface area contributed by atoms with Crippen LogP contribution in [0.5, 0.6) is 0 Å². The van der Waals surface area contributed by atoms with Crippen molar-refractivity contribution in [2.45, 2.75) is 32.6 Å². The van der Waals surface area contributed by atoms with Crippen molar-refractivity contribution < 1.29 is 0 Å². The molecule has 1 aromatic rings. The third-order valence-corrected chi connectivity index (χ3v) is 2.35. The molecule has 1 aromatic carbocycles. The molecule has 2 rings (SSSR count). The Kier molecular flexibility index (Phi) is 1.69. The number of benzene rings is 1. The Morgan fingerprint density at radius 1 is 1.27 bits per heavy atom. The summed E-state index contributed by atoms with van der Waals surface area (Å²) in [5, 5.41) is 0. The van der Waals surface area contributed by atoms with E-state index >= 15 is 0 Å². The summed E-state index contributed by atoms with van der Waals surface area (Å²) in [5.74, 6) is 0. The molecule has 0 nitrogen and oxygen atoms in total. The zero-order chi connectivity index (χ0) is 7.68. The molecule has 0 fully saturated rings. The van der Waals surface area contributed by atoms with E-state index in [4.69, 9.17) is 0 Å². The fraction of sp³-hybridized carbons (Fsp3) is 0.455. The molecule has 0 aliphatic heterocycles. The average Bonchev–Trinajstić information content (AvgIpc) is 2.78. The summed E-state index contributed by atoms with van der Waals surface area (Å²) in [5.41, 5.74) is 4.67. The number of unbranched alkanes of at least 4 members (excludes halogenated alkanes) is 1. The lowest BCUT2D eigenvalue weighted by atomic mass is 10.1. The van der Waals surface area contributed by atoms with E-state index in [-0.39, 0.29) is 0 Å². The molecule has 0 heteroatoms. The van der Waals surface area contributed by atoms with Crippen molar-refractivity contribution in [3.63, 3.8) is 0 Å². The van der Waals surface area contributed by atoms with Gasteiger partial charge in [0.1, 0.15) is 0 Å². The summed E-state index contributed by atoms with van der Waals surface area (Å²) < 4.78 is 0. The van der Waals surface area contributed by atoms with Crippen LogP contribution in [0.25, 0.3) is 0 Å². The molecular weight excluding hydrogens is 132 g/mol. The van der Waals surface area contributed by atoms with Gasteiger partial charge in [0, 0.05) is 0 Å². The van der Waals surface area contributed by atoms with E-state index in [0.29, 0.717) is 0 Å². The van der Waals surface area contributed by atoms with Crippen molar-refractivity contribution in [2.24, 2.45) is 0 Å². The first kappa shape index (κ1) is 6.90. The van der Waals surface area contributed by atoms with Gasteiger partial charge in [-0.1, -0.05) is 31.5 Å². The Bertz CT molecular complexity index is 261. The highest BCUT2D eigenvalue weighted by molar-refractivity contribution is 5.47. The largest absolute Gasteiger partial charge is 0.0654 e. The highest BCUT2D eigenvalue weighted by Crippen LogP contribution is 2.28. The van der Waals surface area contributed by atoms with Crippen molar-refractivity contribution in [1.82, 2.24) is 0 Å². The smallest absolute Gasteiger partial charge is 0.00200 e. The van der Waals surface area contributed by atoms with Crippen LogP contribution in [0.2, 0.25) is 0 Å². The predicted octanol–water partition coefficient (Wildman–Crippen LogP) is 2.93. The van der Waals surface area contributed by atoms with E-state index in [0.717, 1.165) is 0 Å². The van der Waals surface area contributed by atoms with Gasteiger partial charge in [-0.15, -0.1) is 0 Å². The summed E-state index contributed by atoms with van der Waals surface area (Å²) >= 11 is 0. The Hall–Kier alpha value is -0.780. The standard InChI is InChI=1S/C11H14/c1-2-3-4-9-5-6-10-8-11(10)7-9/h5-7H,2-4,8H2,1H3. The van der Waals surface area contributed by atoms with Gasteiger partial charge in [-0.3, -0.25) is 0 Å². The van der Waals surface area contributed by atoms with Crippen LogP contribution in [0.3, 0.4) is 0 Å². The molecule has 0 heterocycles. The first-order chi connectivity index (χ1) is 5.40. The molecule has 1 aliphatic carbocycles.